The van der Waals surface area contributed by atoms with Crippen LogP contribution in [-0.2, 0) is 6.54 Å². The first-order valence-corrected chi connectivity index (χ1v) is 10.7. The second-order valence-corrected chi connectivity index (χ2v) is 7.85. The van der Waals surface area contributed by atoms with Gasteiger partial charge in [0.1, 0.15) is 11.6 Å². The van der Waals surface area contributed by atoms with Crippen molar-refractivity contribution in [2.75, 3.05) is 7.11 Å². The molecule has 0 fully saturated rings. The highest BCUT2D eigenvalue weighted by Crippen LogP contribution is 2.33. The van der Waals surface area contributed by atoms with Crippen LogP contribution in [0.25, 0.3) is 23.3 Å². The van der Waals surface area contributed by atoms with Crippen LogP contribution in [0.4, 0.5) is 4.39 Å². The first-order chi connectivity index (χ1) is 16.0. The number of nitrogens with zero attached hydrogens (tertiary/aromatic N) is 2. The van der Waals surface area contributed by atoms with E-state index in [2.05, 4.69) is 5.10 Å². The zero-order valence-electron chi connectivity index (χ0n) is 18.9. The van der Waals surface area contributed by atoms with Crippen molar-refractivity contribution in [3.63, 3.8) is 0 Å². The van der Waals surface area contributed by atoms with Gasteiger partial charge in [0.15, 0.2) is 0 Å². The van der Waals surface area contributed by atoms with Gasteiger partial charge in [0, 0.05) is 11.1 Å². The summed E-state index contributed by atoms with van der Waals surface area (Å²) in [4.78, 5) is 13.7. The van der Waals surface area contributed by atoms with E-state index in [1.807, 2.05) is 62.4 Å². The van der Waals surface area contributed by atoms with E-state index in [1.165, 1.54) is 16.8 Å². The number of halogens is 1. The molecule has 1 heterocycles. The Hall–Kier alpha value is -3.99. The van der Waals surface area contributed by atoms with Crippen molar-refractivity contribution >= 4 is 12.2 Å². The van der Waals surface area contributed by atoms with Crippen LogP contribution in [-0.4, -0.2) is 16.9 Å². The average Bonchev–Trinajstić information content (AvgIpc) is 2.81. The van der Waals surface area contributed by atoms with Gasteiger partial charge in [-0.15, -0.1) is 0 Å². The molecule has 33 heavy (non-hydrogen) atoms. The lowest BCUT2D eigenvalue weighted by Gasteiger charge is -2.16. The van der Waals surface area contributed by atoms with Gasteiger partial charge in [-0.3, -0.25) is 4.79 Å². The monoisotopic (exact) mass is 440 g/mol. The summed E-state index contributed by atoms with van der Waals surface area (Å²) >= 11 is 0. The predicted molar refractivity (Wildman–Crippen MR) is 131 cm³/mol. The first-order valence-electron chi connectivity index (χ1n) is 10.7. The lowest BCUT2D eigenvalue weighted by Crippen LogP contribution is -2.27. The van der Waals surface area contributed by atoms with Gasteiger partial charge in [0.05, 0.1) is 24.9 Å². The molecular formula is C28H25FN2O2. The van der Waals surface area contributed by atoms with Crippen molar-refractivity contribution in [1.29, 1.82) is 0 Å². The van der Waals surface area contributed by atoms with Crippen molar-refractivity contribution in [3.8, 4) is 16.9 Å². The van der Waals surface area contributed by atoms with Gasteiger partial charge in [-0.1, -0.05) is 60.7 Å². The highest BCUT2D eigenvalue weighted by Gasteiger charge is 2.18. The number of hydrogen-bond acceptors (Lipinski definition) is 3. The molecule has 4 rings (SSSR count). The Morgan fingerprint density at radius 3 is 2.48 bits per heavy atom. The molecule has 0 N–H and O–H groups in total. The van der Waals surface area contributed by atoms with Gasteiger partial charge >= 0.3 is 0 Å². The third kappa shape index (κ3) is 4.77. The fraction of sp³-hybridized carbons (Fsp3) is 0.143. The van der Waals surface area contributed by atoms with Crippen molar-refractivity contribution in [3.05, 3.63) is 117 Å². The Bertz CT molecular complexity index is 1390. The van der Waals surface area contributed by atoms with Crippen molar-refractivity contribution < 1.29 is 9.13 Å². The summed E-state index contributed by atoms with van der Waals surface area (Å²) in [5, 5.41) is 4.65. The third-order valence-electron chi connectivity index (χ3n) is 5.62. The van der Waals surface area contributed by atoms with Crippen molar-refractivity contribution in [2.45, 2.75) is 20.4 Å². The number of aromatic nitrogens is 2. The molecule has 0 saturated carbocycles. The quantitative estimate of drug-likeness (QED) is 0.375. The maximum absolute atomic E-state index is 13.7. The summed E-state index contributed by atoms with van der Waals surface area (Å²) in [7, 11) is 1.60. The summed E-state index contributed by atoms with van der Waals surface area (Å²) in [6, 6.07) is 21.7. The van der Waals surface area contributed by atoms with Gasteiger partial charge in [0.2, 0.25) is 0 Å². The van der Waals surface area contributed by atoms with E-state index in [-0.39, 0.29) is 11.4 Å². The van der Waals surface area contributed by atoms with E-state index >= 15 is 0 Å². The molecule has 0 bridgehead atoms. The molecular weight excluding hydrogens is 415 g/mol. The Balaban J connectivity index is 1.92. The first kappa shape index (κ1) is 22.2. The van der Waals surface area contributed by atoms with Gasteiger partial charge in [-0.05, 0) is 54.8 Å². The Morgan fingerprint density at radius 2 is 1.73 bits per heavy atom. The van der Waals surface area contributed by atoms with E-state index in [4.69, 9.17) is 4.74 Å². The molecule has 0 unspecified atom stereocenters. The minimum absolute atomic E-state index is 0.225. The van der Waals surface area contributed by atoms with Crippen LogP contribution >= 0.6 is 0 Å². The lowest BCUT2D eigenvalue weighted by molar-refractivity contribution is 0.416. The molecule has 0 aliphatic carbocycles. The normalized spacial score (nSPS) is 11.2. The fourth-order valence-electron chi connectivity index (χ4n) is 3.91. The molecule has 166 valence electrons. The van der Waals surface area contributed by atoms with Crippen LogP contribution in [0.15, 0.2) is 77.6 Å². The second kappa shape index (κ2) is 9.65. The molecule has 1 aromatic heterocycles. The van der Waals surface area contributed by atoms with Gasteiger partial charge in [-0.25, -0.2) is 9.07 Å². The average molecular weight is 441 g/mol. The van der Waals surface area contributed by atoms with E-state index < -0.39 is 0 Å². The number of para-hydroxylation sites is 1. The SMILES string of the molecule is COc1ccccc1-c1c(C)nn(Cc2ccccc2C)c(=O)c1C=Cc1cccc(F)c1. The summed E-state index contributed by atoms with van der Waals surface area (Å²) in [5.74, 6) is 0.323. The van der Waals surface area contributed by atoms with Crippen LogP contribution in [0.1, 0.15) is 27.9 Å². The maximum atomic E-state index is 13.7. The number of ether oxygens (including phenoxy) is 1. The van der Waals surface area contributed by atoms with E-state index in [9.17, 15) is 9.18 Å². The molecule has 3 aromatic carbocycles. The van der Waals surface area contributed by atoms with E-state index in [1.54, 1.807) is 31.4 Å². The highest BCUT2D eigenvalue weighted by molar-refractivity contribution is 5.84. The van der Waals surface area contributed by atoms with Crippen LogP contribution in [0.3, 0.4) is 0 Å². The molecule has 4 nitrogen and oxygen atoms in total. The standard InChI is InChI=1S/C28H25FN2O2/c1-19-9-4-5-11-22(19)18-31-28(32)25(16-15-21-10-8-12-23(29)17-21)27(20(2)30-31)24-13-6-7-14-26(24)33-3/h4-17H,18H2,1-3H3. The van der Waals surface area contributed by atoms with Crippen molar-refractivity contribution in [1.82, 2.24) is 9.78 Å². The number of hydrogen-bond donors (Lipinski definition) is 0. The zero-order chi connectivity index (χ0) is 23.4. The van der Waals surface area contributed by atoms with Gasteiger partial charge < -0.3 is 4.74 Å². The largest absolute Gasteiger partial charge is 0.496 e. The van der Waals surface area contributed by atoms with Crippen molar-refractivity contribution in [2.24, 2.45) is 0 Å². The number of aryl methyl sites for hydroxylation is 2. The molecule has 0 saturated heterocycles. The van der Waals surface area contributed by atoms with Gasteiger partial charge in [0.25, 0.3) is 5.56 Å². The van der Waals surface area contributed by atoms with Crippen LogP contribution in [0, 0.1) is 19.7 Å². The molecule has 5 heteroatoms. The number of benzene rings is 3. The number of rotatable bonds is 6. The topological polar surface area (TPSA) is 44.1 Å². The zero-order valence-corrected chi connectivity index (χ0v) is 18.9. The third-order valence-corrected chi connectivity index (χ3v) is 5.62. The fourth-order valence-corrected chi connectivity index (χ4v) is 3.91. The Morgan fingerprint density at radius 1 is 0.970 bits per heavy atom. The Kier molecular flexibility index (Phi) is 6.50. The highest BCUT2D eigenvalue weighted by atomic mass is 19.1. The summed E-state index contributed by atoms with van der Waals surface area (Å²) in [6.45, 7) is 4.26. The van der Waals surface area contributed by atoms with E-state index in [0.29, 0.717) is 34.7 Å². The van der Waals surface area contributed by atoms with Crippen LogP contribution < -0.4 is 10.3 Å². The van der Waals surface area contributed by atoms with E-state index in [0.717, 1.165) is 16.7 Å². The molecule has 0 aliphatic rings. The summed E-state index contributed by atoms with van der Waals surface area (Å²) < 4.78 is 20.7. The minimum atomic E-state index is -0.329. The molecule has 0 amide bonds. The smallest absolute Gasteiger partial charge is 0.274 e. The minimum Gasteiger partial charge on any atom is -0.496 e. The molecule has 0 atom stereocenters. The second-order valence-electron chi connectivity index (χ2n) is 7.85. The summed E-state index contributed by atoms with van der Waals surface area (Å²) in [5.41, 5.74) is 5.22. The molecule has 0 radical (unpaired) electrons. The lowest BCUT2D eigenvalue weighted by atomic mass is 9.97. The molecule has 4 aromatic rings. The summed E-state index contributed by atoms with van der Waals surface area (Å²) in [6.07, 6.45) is 3.48. The predicted octanol–water partition coefficient (Wildman–Crippen LogP) is 5.89. The maximum Gasteiger partial charge on any atom is 0.274 e. The van der Waals surface area contributed by atoms with Crippen LogP contribution in [0.5, 0.6) is 5.75 Å². The Labute approximate surface area is 192 Å². The molecule has 0 aliphatic heterocycles. The van der Waals surface area contributed by atoms with Gasteiger partial charge in [-0.2, -0.15) is 5.10 Å². The number of methoxy groups -OCH3 is 1. The molecule has 0 spiro atoms. The van der Waals surface area contributed by atoms with Crippen LogP contribution in [0.2, 0.25) is 0 Å².